The van der Waals surface area contributed by atoms with Crippen LogP contribution in [0.25, 0.3) is 6.08 Å². The standard InChI is InChI=1S/C17H12F2O3/c18-13-5-3-4-12(10-13)8-9-17(21)22-11-16(20)14-6-1-2-7-15(14)19/h1-10H,11H2/b9-8+. The molecule has 0 unspecified atom stereocenters. The second kappa shape index (κ2) is 7.26. The van der Waals surface area contributed by atoms with Gasteiger partial charge in [-0.05, 0) is 35.9 Å². The Morgan fingerprint density at radius 3 is 2.55 bits per heavy atom. The summed E-state index contributed by atoms with van der Waals surface area (Å²) in [5.41, 5.74) is 0.349. The molecule has 0 spiro atoms. The highest BCUT2D eigenvalue weighted by Crippen LogP contribution is 2.08. The lowest BCUT2D eigenvalue weighted by Gasteiger charge is -2.02. The van der Waals surface area contributed by atoms with E-state index < -0.39 is 30.0 Å². The molecule has 0 aliphatic rings. The van der Waals surface area contributed by atoms with Crippen molar-refractivity contribution < 1.29 is 23.1 Å². The van der Waals surface area contributed by atoms with Crippen LogP contribution in [-0.4, -0.2) is 18.4 Å². The number of hydrogen-bond acceptors (Lipinski definition) is 3. The van der Waals surface area contributed by atoms with E-state index in [-0.39, 0.29) is 5.56 Å². The van der Waals surface area contributed by atoms with Crippen molar-refractivity contribution in [2.75, 3.05) is 6.61 Å². The van der Waals surface area contributed by atoms with E-state index in [0.29, 0.717) is 5.56 Å². The lowest BCUT2D eigenvalue weighted by atomic mass is 10.1. The van der Waals surface area contributed by atoms with E-state index in [1.807, 2.05) is 0 Å². The summed E-state index contributed by atoms with van der Waals surface area (Å²) < 4.78 is 31.0. The highest BCUT2D eigenvalue weighted by atomic mass is 19.1. The Morgan fingerprint density at radius 1 is 1.05 bits per heavy atom. The molecule has 0 aliphatic heterocycles. The van der Waals surface area contributed by atoms with Crippen molar-refractivity contribution in [3.05, 3.63) is 77.4 Å². The fraction of sp³-hybridized carbons (Fsp3) is 0.0588. The highest BCUT2D eigenvalue weighted by Gasteiger charge is 2.12. The van der Waals surface area contributed by atoms with Crippen LogP contribution in [0.3, 0.4) is 0 Å². The molecule has 22 heavy (non-hydrogen) atoms. The molecule has 2 aromatic rings. The number of hydrogen-bond donors (Lipinski definition) is 0. The van der Waals surface area contributed by atoms with Crippen molar-refractivity contribution in [2.24, 2.45) is 0 Å². The maximum absolute atomic E-state index is 13.4. The second-order valence-corrected chi connectivity index (χ2v) is 4.40. The van der Waals surface area contributed by atoms with Crippen LogP contribution in [0, 0.1) is 11.6 Å². The first-order valence-electron chi connectivity index (χ1n) is 6.44. The van der Waals surface area contributed by atoms with E-state index in [2.05, 4.69) is 0 Å². The average Bonchev–Trinajstić information content (AvgIpc) is 2.51. The summed E-state index contributed by atoms with van der Waals surface area (Å²) in [5, 5.41) is 0. The minimum Gasteiger partial charge on any atom is -0.454 e. The molecule has 2 rings (SSSR count). The smallest absolute Gasteiger partial charge is 0.331 e. The first-order chi connectivity index (χ1) is 10.6. The van der Waals surface area contributed by atoms with Gasteiger partial charge in [-0.3, -0.25) is 4.79 Å². The summed E-state index contributed by atoms with van der Waals surface area (Å²) in [6, 6.07) is 11.1. The van der Waals surface area contributed by atoms with Crippen molar-refractivity contribution in [1.29, 1.82) is 0 Å². The van der Waals surface area contributed by atoms with Crippen LogP contribution >= 0.6 is 0 Å². The first-order valence-corrected chi connectivity index (χ1v) is 6.44. The molecule has 0 amide bonds. The number of benzene rings is 2. The number of Topliss-reactive ketones (excluding diaryl/α,β-unsaturated/α-hetero) is 1. The first kappa shape index (κ1) is 15.6. The predicted molar refractivity (Wildman–Crippen MR) is 77.1 cm³/mol. The maximum atomic E-state index is 13.4. The van der Waals surface area contributed by atoms with Gasteiger partial charge in [0, 0.05) is 6.08 Å². The Hall–Kier alpha value is -2.82. The molecule has 5 heteroatoms. The Morgan fingerprint density at radius 2 is 1.82 bits per heavy atom. The van der Waals surface area contributed by atoms with E-state index in [9.17, 15) is 18.4 Å². The molecule has 0 heterocycles. The zero-order chi connectivity index (χ0) is 15.9. The zero-order valence-electron chi connectivity index (χ0n) is 11.5. The number of ether oxygens (including phenoxy) is 1. The molecule has 0 radical (unpaired) electrons. The van der Waals surface area contributed by atoms with Crippen LogP contribution in [0.15, 0.2) is 54.6 Å². The molecule has 0 atom stereocenters. The molecule has 0 saturated carbocycles. The van der Waals surface area contributed by atoms with Crippen LogP contribution in [0.2, 0.25) is 0 Å². The molecule has 0 aromatic heterocycles. The summed E-state index contributed by atoms with van der Waals surface area (Å²) in [6.07, 6.45) is 2.43. The van der Waals surface area contributed by atoms with Crippen molar-refractivity contribution in [3.63, 3.8) is 0 Å². The Bertz CT molecular complexity index is 723. The fourth-order valence-corrected chi connectivity index (χ4v) is 1.72. The molecule has 112 valence electrons. The lowest BCUT2D eigenvalue weighted by molar-refractivity contribution is -0.136. The number of carbonyl (C=O) groups excluding carboxylic acids is 2. The largest absolute Gasteiger partial charge is 0.454 e. The summed E-state index contributed by atoms with van der Waals surface area (Å²) in [7, 11) is 0. The summed E-state index contributed by atoms with van der Waals surface area (Å²) >= 11 is 0. The average molecular weight is 302 g/mol. The molecule has 3 nitrogen and oxygen atoms in total. The van der Waals surface area contributed by atoms with Gasteiger partial charge < -0.3 is 4.74 Å². The van der Waals surface area contributed by atoms with Gasteiger partial charge in [0.1, 0.15) is 11.6 Å². The Balaban J connectivity index is 1.90. The van der Waals surface area contributed by atoms with E-state index in [4.69, 9.17) is 4.74 Å². The monoisotopic (exact) mass is 302 g/mol. The van der Waals surface area contributed by atoms with Gasteiger partial charge in [0.05, 0.1) is 5.56 Å². The van der Waals surface area contributed by atoms with E-state index in [1.54, 1.807) is 6.07 Å². The van der Waals surface area contributed by atoms with Gasteiger partial charge in [-0.15, -0.1) is 0 Å². The Labute approximate surface area is 125 Å². The van der Waals surface area contributed by atoms with Gasteiger partial charge in [0.2, 0.25) is 5.78 Å². The number of esters is 1. The number of halogens is 2. The molecule has 0 saturated heterocycles. The maximum Gasteiger partial charge on any atom is 0.331 e. The third kappa shape index (κ3) is 4.34. The number of rotatable bonds is 5. The van der Waals surface area contributed by atoms with E-state index >= 15 is 0 Å². The third-order valence-corrected chi connectivity index (χ3v) is 2.78. The highest BCUT2D eigenvalue weighted by molar-refractivity contribution is 5.99. The molecule has 0 bridgehead atoms. The van der Waals surface area contributed by atoms with Crippen LogP contribution < -0.4 is 0 Å². The summed E-state index contributed by atoms with van der Waals surface area (Å²) in [6.45, 7) is -0.562. The van der Waals surface area contributed by atoms with E-state index in [1.165, 1.54) is 42.5 Å². The molecule has 0 aliphatic carbocycles. The zero-order valence-corrected chi connectivity index (χ0v) is 11.5. The SMILES string of the molecule is O=C(/C=C/c1cccc(F)c1)OCC(=O)c1ccccc1F. The lowest BCUT2D eigenvalue weighted by Crippen LogP contribution is -2.13. The molecular weight excluding hydrogens is 290 g/mol. The van der Waals surface area contributed by atoms with Gasteiger partial charge >= 0.3 is 5.97 Å². The number of ketones is 1. The van der Waals surface area contributed by atoms with E-state index in [0.717, 1.165) is 12.1 Å². The normalized spacial score (nSPS) is 10.6. The Kier molecular flexibility index (Phi) is 5.14. The van der Waals surface area contributed by atoms with Gasteiger partial charge in [0.15, 0.2) is 6.61 Å². The van der Waals surface area contributed by atoms with Crippen LogP contribution in [-0.2, 0) is 9.53 Å². The summed E-state index contributed by atoms with van der Waals surface area (Å²) in [4.78, 5) is 23.2. The van der Waals surface area contributed by atoms with Gasteiger partial charge in [-0.25, -0.2) is 13.6 Å². The van der Waals surface area contributed by atoms with Gasteiger partial charge in [-0.1, -0.05) is 24.3 Å². The minimum absolute atomic E-state index is 0.135. The fourth-order valence-electron chi connectivity index (χ4n) is 1.72. The second-order valence-electron chi connectivity index (χ2n) is 4.40. The predicted octanol–water partition coefficient (Wildman–Crippen LogP) is 3.40. The topological polar surface area (TPSA) is 43.4 Å². The molecule has 0 N–H and O–H groups in total. The third-order valence-electron chi connectivity index (χ3n) is 2.78. The summed E-state index contributed by atoms with van der Waals surface area (Å²) in [5.74, 6) is -2.50. The van der Waals surface area contributed by atoms with Crippen molar-refractivity contribution >= 4 is 17.8 Å². The van der Waals surface area contributed by atoms with Crippen molar-refractivity contribution in [3.8, 4) is 0 Å². The molecule has 2 aromatic carbocycles. The van der Waals surface area contributed by atoms with Crippen LogP contribution in [0.5, 0.6) is 0 Å². The van der Waals surface area contributed by atoms with Crippen molar-refractivity contribution in [2.45, 2.75) is 0 Å². The van der Waals surface area contributed by atoms with Crippen LogP contribution in [0.4, 0.5) is 8.78 Å². The van der Waals surface area contributed by atoms with Gasteiger partial charge in [0.25, 0.3) is 0 Å². The quantitative estimate of drug-likeness (QED) is 0.483. The van der Waals surface area contributed by atoms with Crippen molar-refractivity contribution in [1.82, 2.24) is 0 Å². The van der Waals surface area contributed by atoms with Crippen LogP contribution in [0.1, 0.15) is 15.9 Å². The number of carbonyl (C=O) groups is 2. The molecule has 0 fully saturated rings. The minimum atomic E-state index is -0.769. The van der Waals surface area contributed by atoms with Gasteiger partial charge in [-0.2, -0.15) is 0 Å². The molecular formula is C17H12F2O3.